The van der Waals surface area contributed by atoms with Crippen LogP contribution in [0, 0.1) is 12.8 Å². The van der Waals surface area contributed by atoms with E-state index in [9.17, 15) is 8.42 Å². The number of halogens is 2. The molecule has 2 unspecified atom stereocenters. The lowest BCUT2D eigenvalue weighted by atomic mass is 9.91. The van der Waals surface area contributed by atoms with Crippen LogP contribution >= 0.6 is 31.9 Å². The van der Waals surface area contributed by atoms with E-state index in [0.29, 0.717) is 11.3 Å². The molecule has 0 saturated heterocycles. The van der Waals surface area contributed by atoms with Gasteiger partial charge in [0, 0.05) is 16.1 Å². The van der Waals surface area contributed by atoms with Crippen LogP contribution in [-0.2, 0) is 22.9 Å². The van der Waals surface area contributed by atoms with E-state index in [2.05, 4.69) is 44.9 Å². The number of alkyl halides is 1. The molecule has 0 fully saturated rings. The highest BCUT2D eigenvalue weighted by Crippen LogP contribution is 2.41. The van der Waals surface area contributed by atoms with Gasteiger partial charge in [-0.15, -0.1) is 0 Å². The summed E-state index contributed by atoms with van der Waals surface area (Å²) in [6, 6.07) is 7.08. The number of hydrogen-bond donors (Lipinski definition) is 0. The monoisotopic (exact) mass is 495 g/mol. The summed E-state index contributed by atoms with van der Waals surface area (Å²) < 4.78 is 29.7. The predicted molar refractivity (Wildman–Crippen MR) is 113 cm³/mol. The first kappa shape index (κ1) is 18.3. The Labute approximate surface area is 171 Å². The van der Waals surface area contributed by atoms with E-state index >= 15 is 0 Å². The van der Waals surface area contributed by atoms with Crippen molar-refractivity contribution >= 4 is 54.0 Å². The SMILES string of the molecule is Cc1ccc(S(=O)(=O)n2c3c(c4c2CC(C)C(Br)=C4)CC(Br)C=C3)cc1. The van der Waals surface area contributed by atoms with E-state index < -0.39 is 10.0 Å². The minimum atomic E-state index is -3.65. The van der Waals surface area contributed by atoms with Gasteiger partial charge in [0.2, 0.25) is 0 Å². The average Bonchev–Trinajstić information content (AvgIpc) is 2.89. The Morgan fingerprint density at radius 3 is 2.54 bits per heavy atom. The summed E-state index contributed by atoms with van der Waals surface area (Å²) in [5.74, 6) is 0.259. The van der Waals surface area contributed by atoms with Gasteiger partial charge in [-0.2, -0.15) is 0 Å². The highest BCUT2D eigenvalue weighted by molar-refractivity contribution is 9.11. The maximum absolute atomic E-state index is 13.5. The van der Waals surface area contributed by atoms with Gasteiger partial charge in [0.25, 0.3) is 10.0 Å². The van der Waals surface area contributed by atoms with Crippen molar-refractivity contribution < 1.29 is 8.42 Å². The smallest absolute Gasteiger partial charge is 0.238 e. The van der Waals surface area contributed by atoms with Crippen LogP contribution in [0.2, 0.25) is 0 Å². The van der Waals surface area contributed by atoms with Crippen molar-refractivity contribution in [3.05, 3.63) is 62.9 Å². The lowest BCUT2D eigenvalue weighted by Gasteiger charge is -2.20. The highest BCUT2D eigenvalue weighted by atomic mass is 79.9. The van der Waals surface area contributed by atoms with E-state index in [1.807, 2.05) is 31.2 Å². The summed E-state index contributed by atoms with van der Waals surface area (Å²) in [4.78, 5) is 0.558. The molecule has 0 radical (unpaired) electrons. The van der Waals surface area contributed by atoms with Gasteiger partial charge in [0.15, 0.2) is 0 Å². The van der Waals surface area contributed by atoms with E-state index in [1.165, 1.54) is 0 Å². The van der Waals surface area contributed by atoms with Crippen molar-refractivity contribution in [2.75, 3.05) is 0 Å². The van der Waals surface area contributed by atoms with Crippen LogP contribution in [0.1, 0.15) is 35.0 Å². The van der Waals surface area contributed by atoms with Crippen LogP contribution in [0.3, 0.4) is 0 Å². The summed E-state index contributed by atoms with van der Waals surface area (Å²) in [7, 11) is -3.65. The highest BCUT2D eigenvalue weighted by Gasteiger charge is 2.33. The van der Waals surface area contributed by atoms with E-state index in [-0.39, 0.29) is 10.7 Å². The Bertz CT molecular complexity index is 1050. The molecule has 136 valence electrons. The molecule has 0 amide bonds. The number of allylic oxidation sites excluding steroid dienone is 2. The number of rotatable bonds is 2. The fourth-order valence-electron chi connectivity index (χ4n) is 3.65. The molecule has 2 aliphatic rings. The fraction of sp³-hybridized carbons (Fsp3) is 0.300. The zero-order valence-corrected chi connectivity index (χ0v) is 18.5. The van der Waals surface area contributed by atoms with Crippen LogP contribution in [0.4, 0.5) is 0 Å². The number of benzene rings is 1. The molecular weight excluding hydrogens is 478 g/mol. The molecule has 6 heteroatoms. The van der Waals surface area contributed by atoms with E-state index in [1.54, 1.807) is 16.1 Å². The predicted octanol–water partition coefficient (Wildman–Crippen LogP) is 5.29. The molecule has 4 rings (SSSR count). The Morgan fingerprint density at radius 2 is 1.85 bits per heavy atom. The zero-order valence-electron chi connectivity index (χ0n) is 14.5. The molecule has 0 saturated carbocycles. The van der Waals surface area contributed by atoms with Gasteiger partial charge in [0.05, 0.1) is 10.6 Å². The number of aryl methyl sites for hydroxylation is 1. The average molecular weight is 497 g/mol. The molecule has 1 heterocycles. The van der Waals surface area contributed by atoms with Crippen LogP contribution in [-0.4, -0.2) is 17.2 Å². The van der Waals surface area contributed by atoms with Gasteiger partial charge >= 0.3 is 0 Å². The van der Waals surface area contributed by atoms with Crippen LogP contribution in [0.15, 0.2) is 39.7 Å². The molecule has 26 heavy (non-hydrogen) atoms. The maximum atomic E-state index is 13.5. The number of hydrogen-bond acceptors (Lipinski definition) is 2. The van der Waals surface area contributed by atoms with Gasteiger partial charge in [-0.3, -0.25) is 0 Å². The third kappa shape index (κ3) is 2.86. The Morgan fingerprint density at radius 1 is 1.15 bits per heavy atom. The topological polar surface area (TPSA) is 39.1 Å². The Balaban J connectivity index is 2.00. The molecule has 2 atom stereocenters. The number of nitrogens with zero attached hydrogens (tertiary/aromatic N) is 1. The van der Waals surface area contributed by atoms with Gasteiger partial charge in [-0.1, -0.05) is 62.6 Å². The Kier molecular flexibility index (Phi) is 4.56. The van der Waals surface area contributed by atoms with Gasteiger partial charge in [0.1, 0.15) is 0 Å². The first-order chi connectivity index (χ1) is 12.3. The lowest BCUT2D eigenvalue weighted by Crippen LogP contribution is -2.20. The molecule has 2 aliphatic carbocycles. The van der Waals surface area contributed by atoms with Crippen LogP contribution in [0.5, 0.6) is 0 Å². The second-order valence-corrected chi connectivity index (χ2v) is 10.9. The minimum absolute atomic E-state index is 0.226. The minimum Gasteiger partial charge on any atom is -0.238 e. The normalized spacial score (nSPS) is 21.9. The summed E-state index contributed by atoms with van der Waals surface area (Å²) >= 11 is 7.30. The molecule has 2 aromatic rings. The number of aromatic nitrogens is 1. The summed E-state index contributed by atoms with van der Waals surface area (Å²) in [6.07, 6.45) is 7.55. The molecule has 3 nitrogen and oxygen atoms in total. The van der Waals surface area contributed by atoms with Gasteiger partial charge < -0.3 is 0 Å². The zero-order chi connectivity index (χ0) is 18.6. The van der Waals surface area contributed by atoms with Crippen molar-refractivity contribution in [3.8, 4) is 0 Å². The largest absolute Gasteiger partial charge is 0.268 e. The van der Waals surface area contributed by atoms with Crippen molar-refractivity contribution in [1.82, 2.24) is 3.97 Å². The molecule has 1 aromatic carbocycles. The van der Waals surface area contributed by atoms with Crippen molar-refractivity contribution in [3.63, 3.8) is 0 Å². The summed E-state index contributed by atoms with van der Waals surface area (Å²) in [5.41, 5.74) is 4.87. The summed E-state index contributed by atoms with van der Waals surface area (Å²) in [6.45, 7) is 4.07. The third-order valence-electron chi connectivity index (χ3n) is 5.08. The van der Waals surface area contributed by atoms with Crippen LogP contribution < -0.4 is 0 Å². The molecule has 0 spiro atoms. The fourth-order valence-corrected chi connectivity index (χ4v) is 6.10. The van der Waals surface area contributed by atoms with Crippen LogP contribution in [0.25, 0.3) is 12.2 Å². The lowest BCUT2D eigenvalue weighted by molar-refractivity contribution is 0.581. The van der Waals surface area contributed by atoms with Crippen molar-refractivity contribution in [2.24, 2.45) is 5.92 Å². The molecule has 1 aromatic heterocycles. The summed E-state index contributed by atoms with van der Waals surface area (Å²) in [5, 5.41) is 0. The van der Waals surface area contributed by atoms with Crippen molar-refractivity contribution in [1.29, 1.82) is 0 Å². The van der Waals surface area contributed by atoms with Crippen molar-refractivity contribution in [2.45, 2.75) is 36.4 Å². The molecule has 0 bridgehead atoms. The standard InChI is InChI=1S/C20H19Br2NO2S/c1-12-3-6-15(7-4-12)26(24,25)23-19-8-5-14(21)10-16(19)17-11-18(22)13(2)9-20(17)23/h3-8,11,13-14H,9-10H2,1-2H3. The second-order valence-electron chi connectivity index (χ2n) is 7.02. The van der Waals surface area contributed by atoms with E-state index in [4.69, 9.17) is 0 Å². The van der Waals surface area contributed by atoms with E-state index in [0.717, 1.165) is 39.0 Å². The maximum Gasteiger partial charge on any atom is 0.268 e. The quantitative estimate of drug-likeness (QED) is 0.529. The molecule has 0 N–H and O–H groups in total. The first-order valence-corrected chi connectivity index (χ1v) is 11.7. The Hall–Kier alpha value is -1.11. The third-order valence-corrected chi connectivity index (χ3v) is 8.49. The van der Waals surface area contributed by atoms with Gasteiger partial charge in [-0.25, -0.2) is 12.4 Å². The molecule has 0 aliphatic heterocycles. The van der Waals surface area contributed by atoms with Gasteiger partial charge in [-0.05, 0) is 60.0 Å². The first-order valence-electron chi connectivity index (χ1n) is 8.57. The second kappa shape index (κ2) is 6.50. The number of fused-ring (bicyclic) bond motifs is 3. The molecular formula is C20H19Br2NO2S.